The van der Waals surface area contributed by atoms with Gasteiger partial charge in [-0.25, -0.2) is 0 Å². The molecule has 212 valence electrons. The molecule has 1 spiro atoms. The van der Waals surface area contributed by atoms with Gasteiger partial charge in [-0.15, -0.1) is 11.8 Å². The van der Waals surface area contributed by atoms with Crippen LogP contribution in [-0.2, 0) is 20.9 Å². The van der Waals surface area contributed by atoms with Crippen molar-refractivity contribution in [2.45, 2.75) is 39.9 Å². The summed E-state index contributed by atoms with van der Waals surface area (Å²) in [5.41, 5.74) is 2.12. The Morgan fingerprint density at radius 2 is 1.68 bits per heavy atom. The molecule has 0 aromatic heterocycles. The number of anilines is 1. The van der Waals surface area contributed by atoms with Crippen LogP contribution in [0.15, 0.2) is 84.9 Å². The second-order valence-electron chi connectivity index (χ2n) is 10.7. The van der Waals surface area contributed by atoms with Gasteiger partial charge in [0.15, 0.2) is 0 Å². The number of likely N-dealkylation sites (tertiary alicyclic amines) is 1. The van der Waals surface area contributed by atoms with Gasteiger partial charge in [0, 0.05) is 16.6 Å². The van der Waals surface area contributed by atoms with Gasteiger partial charge in [-0.05, 0) is 29.7 Å². The molecule has 3 amide bonds. The predicted octanol–water partition coefficient (Wildman–Crippen LogP) is 4.79. The normalized spacial score (nSPS) is 28.8. The first-order chi connectivity index (χ1) is 19.9. The number of carbonyl (C=O) groups is 3. The zero-order chi connectivity index (χ0) is 28.7. The first-order valence-electron chi connectivity index (χ1n) is 13.5. The average Bonchev–Trinajstić information content (AvgIpc) is 3.58. The topological polar surface area (TPSA) is 98.7 Å². The Labute approximate surface area is 256 Å². The van der Waals surface area contributed by atoms with Crippen LogP contribution in [0.25, 0.3) is 0 Å². The van der Waals surface area contributed by atoms with Crippen LogP contribution in [0.1, 0.15) is 23.6 Å². The van der Waals surface area contributed by atoms with E-state index in [1.54, 1.807) is 36.0 Å². The number of amides is 3. The summed E-state index contributed by atoms with van der Waals surface area (Å²) in [5.74, 6) is -2.24. The molecule has 3 aliphatic heterocycles. The SMILES string of the molecule is O=C(Nc1ccccc1Cl)C1N([C@H](CO)c2ccccc2)C(=O)[C@@H]2[C@H](C(=O)NCc3ccccc3)[C@H]3SC12CC3Br. The molecule has 3 fully saturated rings. The van der Waals surface area contributed by atoms with Gasteiger partial charge >= 0.3 is 0 Å². The number of rotatable bonds is 8. The minimum absolute atomic E-state index is 0.0658. The Kier molecular flexibility index (Phi) is 7.89. The fourth-order valence-corrected chi connectivity index (χ4v) is 10.5. The third-order valence-corrected chi connectivity index (χ3v) is 12.0. The summed E-state index contributed by atoms with van der Waals surface area (Å²) >= 11 is 11.7. The van der Waals surface area contributed by atoms with Crippen molar-refractivity contribution in [3.05, 3.63) is 101 Å². The quantitative estimate of drug-likeness (QED) is 0.304. The van der Waals surface area contributed by atoms with Gasteiger partial charge in [0.05, 0.1) is 39.9 Å². The molecule has 0 saturated carbocycles. The Balaban J connectivity index is 1.39. The molecule has 41 heavy (non-hydrogen) atoms. The number of aliphatic hydroxyl groups excluding tert-OH is 1. The lowest BCUT2D eigenvalue weighted by molar-refractivity contribution is -0.142. The fraction of sp³-hybridized carbons (Fsp3) is 0.323. The molecule has 10 heteroatoms. The van der Waals surface area contributed by atoms with Gasteiger partial charge in [-0.2, -0.15) is 0 Å². The first-order valence-corrected chi connectivity index (χ1v) is 15.7. The van der Waals surface area contributed by atoms with Gasteiger partial charge in [-0.1, -0.05) is 100 Å². The highest BCUT2D eigenvalue weighted by Crippen LogP contribution is 2.68. The van der Waals surface area contributed by atoms with Crippen LogP contribution in [0, 0.1) is 11.8 Å². The molecule has 3 aliphatic rings. The monoisotopic (exact) mass is 653 g/mol. The molecule has 3 aromatic carbocycles. The van der Waals surface area contributed by atoms with E-state index >= 15 is 0 Å². The number of benzene rings is 3. The summed E-state index contributed by atoms with van der Waals surface area (Å²) < 4.78 is -0.863. The van der Waals surface area contributed by atoms with Gasteiger partial charge < -0.3 is 20.6 Å². The highest BCUT2D eigenvalue weighted by Gasteiger charge is 2.76. The summed E-state index contributed by atoms with van der Waals surface area (Å²) in [6.45, 7) is -0.0248. The number of halogens is 2. The van der Waals surface area contributed by atoms with Gasteiger partial charge in [0.2, 0.25) is 17.7 Å². The molecule has 3 N–H and O–H groups in total. The molecule has 0 radical (unpaired) electrons. The van der Waals surface area contributed by atoms with E-state index < -0.39 is 28.7 Å². The van der Waals surface area contributed by atoms with Crippen LogP contribution < -0.4 is 10.6 Å². The van der Waals surface area contributed by atoms with E-state index in [-0.39, 0.29) is 34.4 Å². The molecule has 3 saturated heterocycles. The van der Waals surface area contributed by atoms with Crippen molar-refractivity contribution in [2.24, 2.45) is 11.8 Å². The Bertz CT molecular complexity index is 1460. The number of carbonyl (C=O) groups excluding carboxylic acids is 3. The third-order valence-electron chi connectivity index (χ3n) is 8.41. The number of para-hydroxylation sites is 1. The molecule has 3 aromatic rings. The molecule has 7 nitrogen and oxygen atoms in total. The van der Waals surface area contributed by atoms with E-state index in [4.69, 9.17) is 11.6 Å². The van der Waals surface area contributed by atoms with Crippen LogP contribution in [0.5, 0.6) is 0 Å². The van der Waals surface area contributed by atoms with Crippen molar-refractivity contribution in [1.29, 1.82) is 0 Å². The predicted molar refractivity (Wildman–Crippen MR) is 164 cm³/mol. The number of alkyl halides is 1. The summed E-state index contributed by atoms with van der Waals surface area (Å²) in [7, 11) is 0. The molecular formula is C31H29BrClN3O4S. The molecule has 0 aliphatic carbocycles. The highest BCUT2D eigenvalue weighted by atomic mass is 79.9. The lowest BCUT2D eigenvalue weighted by Crippen LogP contribution is -2.53. The second-order valence-corrected chi connectivity index (χ2v) is 13.8. The average molecular weight is 655 g/mol. The van der Waals surface area contributed by atoms with E-state index in [2.05, 4.69) is 26.6 Å². The number of thioether (sulfide) groups is 1. The Morgan fingerprint density at radius 3 is 2.37 bits per heavy atom. The fourth-order valence-electron chi connectivity index (χ4n) is 6.70. The largest absolute Gasteiger partial charge is 0.394 e. The van der Waals surface area contributed by atoms with Crippen molar-refractivity contribution in [1.82, 2.24) is 10.2 Å². The van der Waals surface area contributed by atoms with Gasteiger partial charge in [-0.3, -0.25) is 14.4 Å². The molecule has 2 bridgehead atoms. The number of hydrogen-bond acceptors (Lipinski definition) is 5. The first kappa shape index (κ1) is 28.3. The molecule has 6 rings (SSSR count). The molecule has 3 heterocycles. The number of hydrogen-bond donors (Lipinski definition) is 3. The molecule has 3 unspecified atom stereocenters. The molecule has 7 atom stereocenters. The highest BCUT2D eigenvalue weighted by molar-refractivity contribution is 9.09. The molecular weight excluding hydrogens is 626 g/mol. The van der Waals surface area contributed by atoms with Crippen molar-refractivity contribution in [3.8, 4) is 0 Å². The van der Waals surface area contributed by atoms with Crippen LogP contribution >= 0.6 is 39.3 Å². The third kappa shape index (κ3) is 4.86. The minimum Gasteiger partial charge on any atom is -0.394 e. The number of aliphatic hydroxyl groups is 1. The standard InChI is InChI=1S/C31H29BrClN3O4S/c32-20-15-31-25(24(26(20)41-31)28(38)34-16-18-9-3-1-4-10-18)30(40)36(23(17-37)19-11-5-2-6-12-19)27(31)29(39)35-22-14-8-7-13-21(22)33/h1-14,20,23-27,37H,15-17H2,(H,34,38)(H,35,39)/t20?,23-,24+,25+,26+,27?,31?/m1/s1. The van der Waals surface area contributed by atoms with Crippen molar-refractivity contribution < 1.29 is 19.5 Å². The van der Waals surface area contributed by atoms with E-state index in [1.807, 2.05) is 60.7 Å². The van der Waals surface area contributed by atoms with Crippen LogP contribution in [-0.4, -0.2) is 55.2 Å². The van der Waals surface area contributed by atoms with Crippen LogP contribution in [0.2, 0.25) is 5.02 Å². The van der Waals surface area contributed by atoms with Crippen molar-refractivity contribution in [3.63, 3.8) is 0 Å². The summed E-state index contributed by atoms with van der Waals surface area (Å²) in [6, 6.07) is 24.1. The number of fused-ring (bicyclic) bond motifs is 1. The van der Waals surface area contributed by atoms with Crippen LogP contribution in [0.3, 0.4) is 0 Å². The second kappa shape index (κ2) is 11.4. The van der Waals surface area contributed by atoms with E-state index in [9.17, 15) is 19.5 Å². The maximum atomic E-state index is 14.5. The van der Waals surface area contributed by atoms with Crippen molar-refractivity contribution in [2.75, 3.05) is 11.9 Å². The van der Waals surface area contributed by atoms with Gasteiger partial charge in [0.25, 0.3) is 0 Å². The van der Waals surface area contributed by atoms with E-state index in [0.717, 1.165) is 11.1 Å². The smallest absolute Gasteiger partial charge is 0.248 e. The zero-order valence-electron chi connectivity index (χ0n) is 22.0. The maximum Gasteiger partial charge on any atom is 0.248 e. The summed E-state index contributed by atoms with van der Waals surface area (Å²) in [5, 5.41) is 16.8. The van der Waals surface area contributed by atoms with E-state index in [1.165, 1.54) is 4.90 Å². The lowest BCUT2D eigenvalue weighted by atomic mass is 9.70. The van der Waals surface area contributed by atoms with Gasteiger partial charge in [0.1, 0.15) is 6.04 Å². The number of nitrogens with zero attached hydrogens (tertiary/aromatic N) is 1. The number of nitrogens with one attached hydrogen (secondary N) is 2. The lowest BCUT2D eigenvalue weighted by Gasteiger charge is -2.37. The summed E-state index contributed by atoms with van der Waals surface area (Å²) in [6.07, 6.45) is 0.533. The Hall–Kier alpha value is -2.85. The van der Waals surface area contributed by atoms with Crippen LogP contribution in [0.4, 0.5) is 5.69 Å². The zero-order valence-corrected chi connectivity index (χ0v) is 25.1. The Morgan fingerprint density at radius 1 is 1.02 bits per heavy atom. The van der Waals surface area contributed by atoms with E-state index in [0.29, 0.717) is 23.7 Å². The maximum absolute atomic E-state index is 14.5. The minimum atomic E-state index is -0.935. The summed E-state index contributed by atoms with van der Waals surface area (Å²) in [4.78, 5) is 43.9. The van der Waals surface area contributed by atoms with Crippen molar-refractivity contribution >= 4 is 62.7 Å².